The molecule has 1 saturated heterocycles. The largest absolute Gasteiger partial charge is 0.337 e. The molecule has 1 amide bonds. The van der Waals surface area contributed by atoms with Gasteiger partial charge in [-0.2, -0.15) is 0 Å². The Hall–Kier alpha value is -2.50. The third-order valence-corrected chi connectivity index (χ3v) is 4.39. The van der Waals surface area contributed by atoms with Crippen LogP contribution < -0.4 is 0 Å². The second-order valence-corrected chi connectivity index (χ2v) is 5.76. The number of nitrogens with zero attached hydrogens (tertiary/aromatic N) is 4. The number of aromatic nitrogens is 3. The summed E-state index contributed by atoms with van der Waals surface area (Å²) in [7, 11) is 0. The fraction of sp³-hybridized carbons (Fsp3) is 0.412. The molecule has 0 bridgehead atoms. The van der Waals surface area contributed by atoms with Crippen LogP contribution in [0, 0.1) is 5.92 Å². The number of pyridine rings is 1. The molecule has 0 aromatic carbocycles. The summed E-state index contributed by atoms with van der Waals surface area (Å²) >= 11 is 0. The molecule has 6 heteroatoms. The summed E-state index contributed by atoms with van der Waals surface area (Å²) in [6.45, 7) is 3.29. The SMILES string of the molecule is CCC1C(=O)C(=O)N(CCCn2ccnc2)C1c1ccncc1. The first-order chi connectivity index (χ1) is 11.2. The Balaban J connectivity index is 1.77. The highest BCUT2D eigenvalue weighted by Crippen LogP contribution is 2.37. The molecule has 1 aliphatic rings. The lowest BCUT2D eigenvalue weighted by Gasteiger charge is -2.27. The van der Waals surface area contributed by atoms with Gasteiger partial charge in [0.25, 0.3) is 5.91 Å². The van der Waals surface area contributed by atoms with Gasteiger partial charge in [0, 0.05) is 37.9 Å². The van der Waals surface area contributed by atoms with Crippen molar-refractivity contribution in [3.8, 4) is 0 Å². The third-order valence-electron chi connectivity index (χ3n) is 4.39. The topological polar surface area (TPSA) is 68.1 Å². The number of carbonyl (C=O) groups excluding carboxylic acids is 2. The van der Waals surface area contributed by atoms with Crippen molar-refractivity contribution in [1.29, 1.82) is 0 Å². The first-order valence-electron chi connectivity index (χ1n) is 7.93. The predicted octanol–water partition coefficient (Wildman–Crippen LogP) is 1.85. The van der Waals surface area contributed by atoms with Gasteiger partial charge in [0.2, 0.25) is 5.78 Å². The summed E-state index contributed by atoms with van der Waals surface area (Å²) in [6.07, 6.45) is 10.2. The molecule has 1 fully saturated rings. The third kappa shape index (κ3) is 3.02. The number of hydrogen-bond acceptors (Lipinski definition) is 4. The Morgan fingerprint density at radius 1 is 1.09 bits per heavy atom. The van der Waals surface area contributed by atoms with Gasteiger partial charge in [-0.25, -0.2) is 4.98 Å². The summed E-state index contributed by atoms with van der Waals surface area (Å²) in [6, 6.07) is 3.61. The monoisotopic (exact) mass is 312 g/mol. The first-order valence-corrected chi connectivity index (χ1v) is 7.93. The Kier molecular flexibility index (Phi) is 4.50. The van der Waals surface area contributed by atoms with Crippen molar-refractivity contribution >= 4 is 11.7 Å². The zero-order chi connectivity index (χ0) is 16.2. The van der Waals surface area contributed by atoms with Crippen molar-refractivity contribution in [3.63, 3.8) is 0 Å². The van der Waals surface area contributed by atoms with Crippen LogP contribution in [0.15, 0.2) is 43.2 Å². The van der Waals surface area contributed by atoms with Gasteiger partial charge < -0.3 is 9.47 Å². The van der Waals surface area contributed by atoms with Gasteiger partial charge in [-0.1, -0.05) is 6.92 Å². The minimum atomic E-state index is -0.357. The highest BCUT2D eigenvalue weighted by molar-refractivity contribution is 6.39. The molecule has 0 saturated carbocycles. The number of ketones is 1. The molecule has 0 N–H and O–H groups in total. The highest BCUT2D eigenvalue weighted by Gasteiger charge is 2.46. The van der Waals surface area contributed by atoms with Gasteiger partial charge in [-0.15, -0.1) is 0 Å². The molecule has 0 spiro atoms. The number of amides is 1. The van der Waals surface area contributed by atoms with Crippen molar-refractivity contribution < 1.29 is 9.59 Å². The summed E-state index contributed by atoms with van der Waals surface area (Å²) in [4.78, 5) is 34.5. The zero-order valence-electron chi connectivity index (χ0n) is 13.1. The zero-order valence-corrected chi connectivity index (χ0v) is 13.1. The number of hydrogen-bond donors (Lipinski definition) is 0. The van der Waals surface area contributed by atoms with Crippen molar-refractivity contribution in [1.82, 2.24) is 19.4 Å². The Morgan fingerprint density at radius 2 is 1.87 bits per heavy atom. The molecule has 0 radical (unpaired) electrons. The predicted molar refractivity (Wildman–Crippen MR) is 84.3 cm³/mol. The molecular formula is C17H20N4O2. The van der Waals surface area contributed by atoms with Gasteiger partial charge in [0.1, 0.15) is 0 Å². The lowest BCUT2D eigenvalue weighted by atomic mass is 9.91. The van der Waals surface area contributed by atoms with E-state index in [1.165, 1.54) is 0 Å². The minimum Gasteiger partial charge on any atom is -0.337 e. The maximum Gasteiger partial charge on any atom is 0.290 e. The summed E-state index contributed by atoms with van der Waals surface area (Å²) in [5.74, 6) is -0.889. The Morgan fingerprint density at radius 3 is 2.52 bits per heavy atom. The normalized spacial score (nSPS) is 21.2. The Labute approximate surface area is 135 Å². The van der Waals surface area contributed by atoms with E-state index in [1.807, 2.05) is 29.8 Å². The number of carbonyl (C=O) groups is 2. The number of Topliss-reactive ketones (excluding diaryl/α,β-unsaturated/α-hetero) is 1. The smallest absolute Gasteiger partial charge is 0.290 e. The molecule has 23 heavy (non-hydrogen) atoms. The maximum absolute atomic E-state index is 12.4. The van der Waals surface area contributed by atoms with Gasteiger partial charge in [0.15, 0.2) is 0 Å². The second kappa shape index (κ2) is 6.73. The van der Waals surface area contributed by atoms with Gasteiger partial charge in [0.05, 0.1) is 18.3 Å². The molecule has 2 aromatic rings. The molecule has 3 heterocycles. The van der Waals surface area contributed by atoms with Crippen LogP contribution in [0.4, 0.5) is 0 Å². The van der Waals surface area contributed by atoms with Crippen molar-refractivity contribution in [2.24, 2.45) is 5.92 Å². The molecule has 2 atom stereocenters. The first kappa shape index (κ1) is 15.4. The van der Waals surface area contributed by atoms with Crippen molar-refractivity contribution in [3.05, 3.63) is 48.8 Å². The quantitative estimate of drug-likeness (QED) is 0.763. The van der Waals surface area contributed by atoms with E-state index >= 15 is 0 Å². The average molecular weight is 312 g/mol. The highest BCUT2D eigenvalue weighted by atomic mass is 16.2. The van der Waals surface area contributed by atoms with E-state index in [-0.39, 0.29) is 23.7 Å². The number of rotatable bonds is 6. The Bertz CT molecular complexity index is 669. The van der Waals surface area contributed by atoms with E-state index in [1.54, 1.807) is 29.8 Å². The lowest BCUT2D eigenvalue weighted by molar-refractivity contribution is -0.141. The van der Waals surface area contributed by atoms with Crippen LogP contribution in [0.3, 0.4) is 0 Å². The summed E-state index contributed by atoms with van der Waals surface area (Å²) < 4.78 is 1.97. The van der Waals surface area contributed by atoms with Crippen LogP contribution in [-0.2, 0) is 16.1 Å². The average Bonchev–Trinajstić information content (AvgIpc) is 3.17. The minimum absolute atomic E-state index is 0.175. The van der Waals surface area contributed by atoms with Gasteiger partial charge >= 0.3 is 0 Å². The molecule has 120 valence electrons. The van der Waals surface area contributed by atoms with Gasteiger partial charge in [-0.05, 0) is 30.5 Å². The molecule has 0 aliphatic carbocycles. The molecule has 2 aromatic heterocycles. The van der Waals surface area contributed by atoms with Crippen LogP contribution in [0.25, 0.3) is 0 Å². The number of likely N-dealkylation sites (tertiary alicyclic amines) is 1. The summed E-state index contributed by atoms with van der Waals surface area (Å²) in [5.41, 5.74) is 0.980. The van der Waals surface area contributed by atoms with E-state index in [9.17, 15) is 9.59 Å². The van der Waals surface area contributed by atoms with E-state index in [4.69, 9.17) is 0 Å². The summed E-state index contributed by atoms with van der Waals surface area (Å²) in [5, 5.41) is 0. The molecule has 3 rings (SSSR count). The van der Waals surface area contributed by atoms with Gasteiger partial charge in [-0.3, -0.25) is 14.6 Å². The van der Waals surface area contributed by atoms with Crippen LogP contribution in [0.2, 0.25) is 0 Å². The van der Waals surface area contributed by atoms with E-state index in [0.717, 1.165) is 18.5 Å². The van der Waals surface area contributed by atoms with Crippen molar-refractivity contribution in [2.45, 2.75) is 32.4 Å². The van der Waals surface area contributed by atoms with E-state index in [2.05, 4.69) is 9.97 Å². The molecular weight excluding hydrogens is 292 g/mol. The number of aryl methyl sites for hydroxylation is 1. The maximum atomic E-state index is 12.4. The standard InChI is InChI=1S/C17H20N4O2/c1-2-14-15(13-4-6-18-7-5-13)21(17(23)16(14)22)10-3-9-20-11-8-19-12-20/h4-8,11-12,14-15H,2-3,9-10H2,1H3. The molecule has 1 aliphatic heterocycles. The van der Waals surface area contributed by atoms with Crippen LogP contribution in [0.5, 0.6) is 0 Å². The fourth-order valence-corrected chi connectivity index (χ4v) is 3.25. The van der Waals surface area contributed by atoms with E-state index < -0.39 is 0 Å². The van der Waals surface area contributed by atoms with E-state index in [0.29, 0.717) is 13.0 Å². The van der Waals surface area contributed by atoms with Crippen LogP contribution in [0.1, 0.15) is 31.4 Å². The van der Waals surface area contributed by atoms with Crippen molar-refractivity contribution in [2.75, 3.05) is 6.54 Å². The molecule has 6 nitrogen and oxygen atoms in total. The van der Waals surface area contributed by atoms with Crippen LogP contribution >= 0.6 is 0 Å². The lowest BCUT2D eigenvalue weighted by Crippen LogP contribution is -2.31. The second-order valence-electron chi connectivity index (χ2n) is 5.76. The number of imidazole rings is 1. The fourth-order valence-electron chi connectivity index (χ4n) is 3.25. The molecule has 2 unspecified atom stereocenters. The van der Waals surface area contributed by atoms with Crippen LogP contribution in [-0.4, -0.2) is 37.7 Å².